The number of halogens is 1. The van der Waals surface area contributed by atoms with Gasteiger partial charge in [0, 0.05) is 52.3 Å². The molecular formula is C17H33IN4O3. The minimum Gasteiger partial charge on any atom is -0.444 e. The van der Waals surface area contributed by atoms with Crippen LogP contribution in [0, 0.1) is 5.41 Å². The molecule has 0 bridgehead atoms. The van der Waals surface area contributed by atoms with Crippen LogP contribution in [0.4, 0.5) is 4.79 Å². The lowest BCUT2D eigenvalue weighted by Gasteiger charge is -2.27. The molecule has 146 valence electrons. The van der Waals surface area contributed by atoms with Crippen LogP contribution in [0.1, 0.15) is 33.6 Å². The van der Waals surface area contributed by atoms with E-state index in [0.717, 1.165) is 45.1 Å². The Morgan fingerprint density at radius 2 is 2.12 bits per heavy atom. The van der Waals surface area contributed by atoms with Crippen LogP contribution in [-0.2, 0) is 9.47 Å². The van der Waals surface area contributed by atoms with Crippen LogP contribution in [-0.4, -0.2) is 80.9 Å². The van der Waals surface area contributed by atoms with E-state index in [9.17, 15) is 4.79 Å². The number of carbonyl (C=O) groups excluding carboxylic acids is 1. The van der Waals surface area contributed by atoms with Gasteiger partial charge < -0.3 is 24.6 Å². The number of amides is 1. The SMILES string of the molecule is CN=C(NCCN(C)C(=O)OC(C)(C)C)N1CCC2(CCOC2)C1.I. The Balaban J connectivity index is 0.00000312. The Morgan fingerprint density at radius 3 is 2.68 bits per heavy atom. The van der Waals surface area contributed by atoms with Crippen LogP contribution in [0.15, 0.2) is 4.99 Å². The number of hydrogen-bond donors (Lipinski definition) is 1. The number of nitrogens with zero attached hydrogens (tertiary/aromatic N) is 3. The summed E-state index contributed by atoms with van der Waals surface area (Å²) in [6.07, 6.45) is 2.00. The number of aliphatic imine (C=N–C) groups is 1. The first-order valence-corrected chi connectivity index (χ1v) is 8.72. The molecule has 2 aliphatic heterocycles. The number of hydrogen-bond acceptors (Lipinski definition) is 4. The second kappa shape index (κ2) is 9.25. The standard InChI is InChI=1S/C17H32N4O3.HI/c1-16(2,3)24-15(22)20(5)10-8-19-14(18-4)21-9-6-17(12-21)7-11-23-13-17;/h6-13H2,1-5H3,(H,18,19);1H. The van der Waals surface area contributed by atoms with Crippen LogP contribution in [0.3, 0.4) is 0 Å². The molecule has 0 saturated carbocycles. The van der Waals surface area contributed by atoms with Crippen LogP contribution in [0.2, 0.25) is 0 Å². The van der Waals surface area contributed by atoms with Gasteiger partial charge in [-0.2, -0.15) is 0 Å². The Morgan fingerprint density at radius 1 is 1.40 bits per heavy atom. The highest BCUT2D eigenvalue weighted by Gasteiger charge is 2.42. The molecule has 2 heterocycles. The van der Waals surface area contributed by atoms with Crippen molar-refractivity contribution in [2.45, 2.75) is 39.2 Å². The van der Waals surface area contributed by atoms with E-state index in [-0.39, 0.29) is 30.1 Å². The van der Waals surface area contributed by atoms with Crippen molar-refractivity contribution in [3.8, 4) is 0 Å². The summed E-state index contributed by atoms with van der Waals surface area (Å²) in [6, 6.07) is 0. The largest absolute Gasteiger partial charge is 0.444 e. The molecule has 2 fully saturated rings. The molecule has 0 aliphatic carbocycles. The third-order valence-electron chi connectivity index (χ3n) is 4.57. The van der Waals surface area contributed by atoms with E-state index < -0.39 is 5.60 Å². The number of guanidine groups is 1. The molecule has 0 aromatic heterocycles. The molecule has 0 radical (unpaired) electrons. The Labute approximate surface area is 168 Å². The topological polar surface area (TPSA) is 66.4 Å². The summed E-state index contributed by atoms with van der Waals surface area (Å²) in [5.74, 6) is 0.899. The number of rotatable bonds is 3. The molecule has 2 saturated heterocycles. The fourth-order valence-corrected chi connectivity index (χ4v) is 3.19. The maximum atomic E-state index is 12.0. The fraction of sp³-hybridized carbons (Fsp3) is 0.882. The van der Waals surface area contributed by atoms with Crippen molar-refractivity contribution in [2.24, 2.45) is 10.4 Å². The summed E-state index contributed by atoms with van der Waals surface area (Å²) in [5, 5.41) is 3.35. The average molecular weight is 468 g/mol. The third kappa shape index (κ3) is 6.47. The van der Waals surface area contributed by atoms with Gasteiger partial charge in [-0.25, -0.2) is 4.79 Å². The molecule has 1 amide bonds. The first kappa shape index (κ1) is 22.3. The second-order valence-electron chi connectivity index (χ2n) is 7.85. The van der Waals surface area contributed by atoms with Gasteiger partial charge in [-0.3, -0.25) is 4.99 Å². The summed E-state index contributed by atoms with van der Waals surface area (Å²) in [5.41, 5.74) is -0.160. The minimum absolute atomic E-state index is 0. The third-order valence-corrected chi connectivity index (χ3v) is 4.57. The molecule has 1 unspecified atom stereocenters. The van der Waals surface area contributed by atoms with E-state index >= 15 is 0 Å². The van der Waals surface area contributed by atoms with E-state index in [1.807, 2.05) is 20.8 Å². The predicted molar refractivity (Wildman–Crippen MR) is 110 cm³/mol. The maximum absolute atomic E-state index is 12.0. The van der Waals surface area contributed by atoms with Crippen molar-refractivity contribution in [3.63, 3.8) is 0 Å². The second-order valence-corrected chi connectivity index (χ2v) is 7.85. The number of likely N-dealkylation sites (tertiary alicyclic amines) is 1. The van der Waals surface area contributed by atoms with Crippen LogP contribution < -0.4 is 5.32 Å². The van der Waals surface area contributed by atoms with Crippen molar-refractivity contribution in [3.05, 3.63) is 0 Å². The summed E-state index contributed by atoms with van der Waals surface area (Å²) in [6.45, 7) is 10.6. The molecule has 25 heavy (non-hydrogen) atoms. The van der Waals surface area contributed by atoms with E-state index in [1.165, 1.54) is 0 Å². The predicted octanol–water partition coefficient (Wildman–Crippen LogP) is 2.16. The summed E-state index contributed by atoms with van der Waals surface area (Å²) < 4.78 is 10.9. The minimum atomic E-state index is -0.470. The molecule has 0 aromatic carbocycles. The first-order valence-electron chi connectivity index (χ1n) is 8.72. The highest BCUT2D eigenvalue weighted by atomic mass is 127. The summed E-state index contributed by atoms with van der Waals surface area (Å²) in [4.78, 5) is 20.2. The Kier molecular flexibility index (Phi) is 8.24. The van der Waals surface area contributed by atoms with E-state index in [2.05, 4.69) is 15.2 Å². The van der Waals surface area contributed by atoms with Crippen molar-refractivity contribution in [1.82, 2.24) is 15.1 Å². The number of likely N-dealkylation sites (N-methyl/N-ethyl adjacent to an activating group) is 1. The van der Waals surface area contributed by atoms with Gasteiger partial charge in [0.2, 0.25) is 0 Å². The Bertz CT molecular complexity index is 473. The number of carbonyl (C=O) groups is 1. The molecule has 2 rings (SSSR count). The van der Waals surface area contributed by atoms with Crippen molar-refractivity contribution in [1.29, 1.82) is 0 Å². The van der Waals surface area contributed by atoms with Gasteiger partial charge in [0.25, 0.3) is 0 Å². The van der Waals surface area contributed by atoms with Gasteiger partial charge in [-0.15, -0.1) is 24.0 Å². The van der Waals surface area contributed by atoms with Gasteiger partial charge in [-0.05, 0) is 33.6 Å². The lowest BCUT2D eigenvalue weighted by atomic mass is 9.87. The smallest absolute Gasteiger partial charge is 0.410 e. The first-order chi connectivity index (χ1) is 11.2. The molecule has 1 atom stereocenters. The van der Waals surface area contributed by atoms with E-state index in [4.69, 9.17) is 9.47 Å². The average Bonchev–Trinajstić information content (AvgIpc) is 3.12. The van der Waals surface area contributed by atoms with Crippen LogP contribution in [0.25, 0.3) is 0 Å². The lowest BCUT2D eigenvalue weighted by Crippen LogP contribution is -2.45. The van der Waals surface area contributed by atoms with Crippen molar-refractivity contribution in [2.75, 3.05) is 53.5 Å². The molecule has 2 aliphatic rings. The Hall–Kier alpha value is -0.770. The zero-order chi connectivity index (χ0) is 17.8. The highest BCUT2D eigenvalue weighted by molar-refractivity contribution is 14.0. The molecule has 8 heteroatoms. The zero-order valence-corrected chi connectivity index (χ0v) is 18.5. The molecule has 1 spiro atoms. The van der Waals surface area contributed by atoms with E-state index in [1.54, 1.807) is 19.0 Å². The monoisotopic (exact) mass is 468 g/mol. The molecule has 1 N–H and O–H groups in total. The van der Waals surface area contributed by atoms with Gasteiger partial charge in [0.15, 0.2) is 5.96 Å². The number of nitrogens with one attached hydrogen (secondary N) is 1. The van der Waals surface area contributed by atoms with Gasteiger partial charge >= 0.3 is 6.09 Å². The molecular weight excluding hydrogens is 435 g/mol. The van der Waals surface area contributed by atoms with E-state index in [0.29, 0.717) is 18.5 Å². The summed E-state index contributed by atoms with van der Waals surface area (Å²) >= 11 is 0. The van der Waals surface area contributed by atoms with Gasteiger partial charge in [0.1, 0.15) is 5.60 Å². The summed E-state index contributed by atoms with van der Waals surface area (Å²) in [7, 11) is 3.55. The quantitative estimate of drug-likeness (QED) is 0.391. The van der Waals surface area contributed by atoms with Gasteiger partial charge in [0.05, 0.1) is 6.61 Å². The number of ether oxygens (including phenoxy) is 2. The normalized spacial score (nSPS) is 23.6. The molecule has 0 aromatic rings. The van der Waals surface area contributed by atoms with Gasteiger partial charge in [-0.1, -0.05) is 0 Å². The maximum Gasteiger partial charge on any atom is 0.410 e. The van der Waals surface area contributed by atoms with Crippen LogP contribution in [0.5, 0.6) is 0 Å². The fourth-order valence-electron chi connectivity index (χ4n) is 3.19. The van der Waals surface area contributed by atoms with Crippen LogP contribution >= 0.6 is 24.0 Å². The molecule has 7 nitrogen and oxygen atoms in total. The lowest BCUT2D eigenvalue weighted by molar-refractivity contribution is 0.0302. The van der Waals surface area contributed by atoms with Crippen molar-refractivity contribution >= 4 is 36.0 Å². The van der Waals surface area contributed by atoms with Crippen molar-refractivity contribution < 1.29 is 14.3 Å². The highest BCUT2D eigenvalue weighted by Crippen LogP contribution is 2.38. The zero-order valence-electron chi connectivity index (χ0n) is 16.1.